The maximum Gasteiger partial charge on any atom is 0.195 e. The number of hydrogen-bond donors (Lipinski definition) is 0. The topological polar surface area (TPSA) is 20.3 Å². The molecule has 0 N–H and O–H groups in total. The van der Waals surface area contributed by atoms with Crippen LogP contribution < -0.4 is 0 Å². The number of ketones is 1. The van der Waals surface area contributed by atoms with Gasteiger partial charge in [-0.2, -0.15) is 0 Å². The summed E-state index contributed by atoms with van der Waals surface area (Å²) in [5, 5.41) is 0. The molecule has 21 heavy (non-hydrogen) atoms. The SMILES string of the molecule is O=C(c1ccc(CN2CCCC2)cc1)c1ccccc1F. The number of hydrogen-bond acceptors (Lipinski definition) is 2. The van der Waals surface area contributed by atoms with Gasteiger partial charge in [0.1, 0.15) is 5.82 Å². The Labute approximate surface area is 124 Å². The zero-order valence-electron chi connectivity index (χ0n) is 11.9. The van der Waals surface area contributed by atoms with Gasteiger partial charge in [-0.05, 0) is 43.6 Å². The molecule has 2 nitrogen and oxygen atoms in total. The number of carbonyl (C=O) groups excluding carboxylic acids is 1. The van der Waals surface area contributed by atoms with Crippen LogP contribution in [0.5, 0.6) is 0 Å². The summed E-state index contributed by atoms with van der Waals surface area (Å²) in [6.45, 7) is 3.22. The molecule has 1 aliphatic heterocycles. The number of rotatable bonds is 4. The quantitative estimate of drug-likeness (QED) is 0.798. The molecule has 1 saturated heterocycles. The van der Waals surface area contributed by atoms with Crippen molar-refractivity contribution in [3.63, 3.8) is 0 Å². The zero-order valence-corrected chi connectivity index (χ0v) is 11.9. The molecule has 2 aromatic rings. The molecule has 0 spiro atoms. The van der Waals surface area contributed by atoms with Crippen LogP contribution in [0.15, 0.2) is 48.5 Å². The van der Waals surface area contributed by atoms with Crippen molar-refractivity contribution < 1.29 is 9.18 Å². The smallest absolute Gasteiger partial charge is 0.195 e. The molecule has 3 heteroatoms. The summed E-state index contributed by atoms with van der Waals surface area (Å²) in [5.74, 6) is -0.732. The zero-order chi connectivity index (χ0) is 14.7. The number of nitrogens with zero attached hydrogens (tertiary/aromatic N) is 1. The van der Waals surface area contributed by atoms with Crippen LogP contribution >= 0.6 is 0 Å². The largest absolute Gasteiger partial charge is 0.299 e. The molecule has 0 amide bonds. The predicted octanol–water partition coefficient (Wildman–Crippen LogP) is 3.65. The Morgan fingerprint density at radius 1 is 1.00 bits per heavy atom. The fourth-order valence-corrected chi connectivity index (χ4v) is 2.76. The first-order valence-electron chi connectivity index (χ1n) is 7.34. The molecule has 1 heterocycles. The van der Waals surface area contributed by atoms with Crippen LogP contribution in [-0.2, 0) is 6.54 Å². The lowest BCUT2D eigenvalue weighted by Crippen LogP contribution is -2.18. The maximum atomic E-state index is 13.6. The number of benzene rings is 2. The van der Waals surface area contributed by atoms with E-state index in [1.54, 1.807) is 24.3 Å². The summed E-state index contributed by atoms with van der Waals surface area (Å²) < 4.78 is 13.6. The van der Waals surface area contributed by atoms with Gasteiger partial charge >= 0.3 is 0 Å². The molecule has 0 saturated carbocycles. The van der Waals surface area contributed by atoms with Gasteiger partial charge in [-0.15, -0.1) is 0 Å². The number of halogens is 1. The molecule has 0 aliphatic carbocycles. The van der Waals surface area contributed by atoms with Crippen LogP contribution in [0.2, 0.25) is 0 Å². The van der Waals surface area contributed by atoms with E-state index >= 15 is 0 Å². The second-order valence-electron chi connectivity index (χ2n) is 5.49. The summed E-state index contributed by atoms with van der Waals surface area (Å²) in [6, 6.07) is 13.6. The molecule has 1 fully saturated rings. The minimum atomic E-state index is -0.469. The van der Waals surface area contributed by atoms with Gasteiger partial charge in [0.05, 0.1) is 5.56 Å². The van der Waals surface area contributed by atoms with E-state index in [0.29, 0.717) is 5.56 Å². The van der Waals surface area contributed by atoms with E-state index in [1.165, 1.54) is 30.5 Å². The molecular formula is C18H18FNO. The van der Waals surface area contributed by atoms with Gasteiger partial charge in [0.25, 0.3) is 0 Å². The Balaban J connectivity index is 1.74. The highest BCUT2D eigenvalue weighted by molar-refractivity contribution is 6.09. The van der Waals surface area contributed by atoms with Crippen molar-refractivity contribution in [2.45, 2.75) is 19.4 Å². The average Bonchev–Trinajstić information content (AvgIpc) is 3.01. The first-order valence-corrected chi connectivity index (χ1v) is 7.34. The van der Waals surface area contributed by atoms with E-state index in [1.807, 2.05) is 12.1 Å². The second-order valence-corrected chi connectivity index (χ2v) is 5.49. The molecule has 3 rings (SSSR count). The van der Waals surface area contributed by atoms with Crippen molar-refractivity contribution in [2.24, 2.45) is 0 Å². The Bertz CT molecular complexity index is 630. The monoisotopic (exact) mass is 283 g/mol. The average molecular weight is 283 g/mol. The Kier molecular flexibility index (Phi) is 4.11. The molecule has 1 aliphatic rings. The number of carbonyl (C=O) groups is 1. The van der Waals surface area contributed by atoms with Gasteiger partial charge < -0.3 is 0 Å². The van der Waals surface area contributed by atoms with E-state index in [-0.39, 0.29) is 11.3 Å². The van der Waals surface area contributed by atoms with Gasteiger partial charge in [0.15, 0.2) is 5.78 Å². The van der Waals surface area contributed by atoms with E-state index < -0.39 is 5.82 Å². The fraction of sp³-hybridized carbons (Fsp3) is 0.278. The third kappa shape index (κ3) is 3.19. The van der Waals surface area contributed by atoms with Gasteiger partial charge in [0.2, 0.25) is 0 Å². The van der Waals surface area contributed by atoms with Crippen molar-refractivity contribution in [1.29, 1.82) is 0 Å². The van der Waals surface area contributed by atoms with E-state index in [4.69, 9.17) is 0 Å². The van der Waals surface area contributed by atoms with Gasteiger partial charge in [-0.25, -0.2) is 4.39 Å². The van der Waals surface area contributed by atoms with Crippen molar-refractivity contribution >= 4 is 5.78 Å². The summed E-state index contributed by atoms with van der Waals surface area (Å²) in [5.41, 5.74) is 1.86. The van der Waals surface area contributed by atoms with Crippen LogP contribution in [-0.4, -0.2) is 23.8 Å². The summed E-state index contributed by atoms with van der Waals surface area (Å²) in [6.07, 6.45) is 2.54. The van der Waals surface area contributed by atoms with Crippen molar-refractivity contribution in [3.05, 3.63) is 71.0 Å². The van der Waals surface area contributed by atoms with E-state index in [2.05, 4.69) is 4.90 Å². The normalized spacial score (nSPS) is 15.3. The molecule has 2 aromatic carbocycles. The Morgan fingerprint density at radius 3 is 2.33 bits per heavy atom. The number of likely N-dealkylation sites (tertiary alicyclic amines) is 1. The minimum Gasteiger partial charge on any atom is -0.299 e. The van der Waals surface area contributed by atoms with E-state index in [0.717, 1.165) is 19.6 Å². The van der Waals surface area contributed by atoms with Crippen LogP contribution in [0.25, 0.3) is 0 Å². The summed E-state index contributed by atoms with van der Waals surface area (Å²) in [7, 11) is 0. The first-order chi connectivity index (χ1) is 10.2. The third-order valence-electron chi connectivity index (χ3n) is 3.94. The molecular weight excluding hydrogens is 265 g/mol. The van der Waals surface area contributed by atoms with Crippen molar-refractivity contribution in [3.8, 4) is 0 Å². The standard InChI is InChI=1S/C18H18FNO/c19-17-6-2-1-5-16(17)18(21)15-9-7-14(8-10-15)13-20-11-3-4-12-20/h1-2,5-10H,3-4,11-13H2. The highest BCUT2D eigenvalue weighted by Crippen LogP contribution is 2.16. The lowest BCUT2D eigenvalue weighted by molar-refractivity contribution is 0.103. The Morgan fingerprint density at radius 2 is 1.67 bits per heavy atom. The predicted molar refractivity (Wildman–Crippen MR) is 80.8 cm³/mol. The third-order valence-corrected chi connectivity index (χ3v) is 3.94. The van der Waals surface area contributed by atoms with Crippen molar-refractivity contribution in [1.82, 2.24) is 4.90 Å². The minimum absolute atomic E-state index is 0.129. The van der Waals surface area contributed by atoms with Gasteiger partial charge in [0, 0.05) is 12.1 Å². The first kappa shape index (κ1) is 14.0. The lowest BCUT2D eigenvalue weighted by Gasteiger charge is -2.14. The van der Waals surface area contributed by atoms with Crippen LogP contribution in [0.3, 0.4) is 0 Å². The van der Waals surface area contributed by atoms with Crippen molar-refractivity contribution in [2.75, 3.05) is 13.1 Å². The summed E-state index contributed by atoms with van der Waals surface area (Å²) >= 11 is 0. The Hall–Kier alpha value is -2.00. The molecule has 0 aromatic heterocycles. The maximum absolute atomic E-state index is 13.6. The lowest BCUT2D eigenvalue weighted by atomic mass is 10.0. The molecule has 0 bridgehead atoms. The van der Waals surface area contributed by atoms with Crippen LogP contribution in [0.4, 0.5) is 4.39 Å². The van der Waals surface area contributed by atoms with Gasteiger partial charge in [-0.3, -0.25) is 9.69 Å². The van der Waals surface area contributed by atoms with Crippen LogP contribution in [0.1, 0.15) is 34.3 Å². The molecule has 0 unspecified atom stereocenters. The summed E-state index contributed by atoms with van der Waals surface area (Å²) in [4.78, 5) is 14.7. The molecule has 0 radical (unpaired) electrons. The van der Waals surface area contributed by atoms with E-state index in [9.17, 15) is 9.18 Å². The molecule has 0 atom stereocenters. The molecule has 108 valence electrons. The highest BCUT2D eigenvalue weighted by Gasteiger charge is 2.14. The fourth-order valence-electron chi connectivity index (χ4n) is 2.76. The van der Waals surface area contributed by atoms with Crippen LogP contribution in [0, 0.1) is 5.82 Å². The highest BCUT2D eigenvalue weighted by atomic mass is 19.1. The second kappa shape index (κ2) is 6.19. The van der Waals surface area contributed by atoms with Gasteiger partial charge in [-0.1, -0.05) is 36.4 Å².